The maximum atomic E-state index is 11.6. The van der Waals surface area contributed by atoms with Gasteiger partial charge in [0.2, 0.25) is 0 Å². The summed E-state index contributed by atoms with van der Waals surface area (Å²) in [5.74, 6) is -0.342. The average Bonchev–Trinajstić information content (AvgIpc) is 2.96. The molecule has 6 heteroatoms. The summed E-state index contributed by atoms with van der Waals surface area (Å²) in [6.45, 7) is 3.07. The number of aromatic nitrogens is 1. The zero-order valence-corrected chi connectivity index (χ0v) is 11.6. The third-order valence-corrected chi connectivity index (χ3v) is 5.05. The van der Waals surface area contributed by atoms with Crippen molar-refractivity contribution in [1.29, 1.82) is 0 Å². The summed E-state index contributed by atoms with van der Waals surface area (Å²) in [6, 6.07) is 0. The van der Waals surface area contributed by atoms with Crippen molar-refractivity contribution in [2.45, 2.75) is 24.5 Å². The lowest BCUT2D eigenvalue weighted by Crippen LogP contribution is -2.18. The second kappa shape index (κ2) is 5.27. The van der Waals surface area contributed by atoms with Crippen LogP contribution in [-0.4, -0.2) is 35.1 Å². The summed E-state index contributed by atoms with van der Waals surface area (Å²) < 4.78 is 5.33. The van der Waals surface area contributed by atoms with Crippen molar-refractivity contribution in [3.8, 4) is 0 Å². The normalized spacial score (nSPS) is 16.6. The van der Waals surface area contributed by atoms with Crippen molar-refractivity contribution in [2.24, 2.45) is 0 Å². The number of ether oxygens (including phenoxy) is 1. The molecule has 0 radical (unpaired) electrons. The standard InChI is InChI=1S/C11H16N2O2S2/c1-3-15-10(14)8-9(17-7-13-8)12-6-11(16-2)4-5-11/h7,12H,3-6H2,1-2H3. The molecule has 0 aromatic carbocycles. The van der Waals surface area contributed by atoms with E-state index in [9.17, 15) is 4.79 Å². The monoisotopic (exact) mass is 272 g/mol. The van der Waals surface area contributed by atoms with Gasteiger partial charge in [-0.3, -0.25) is 0 Å². The van der Waals surface area contributed by atoms with Gasteiger partial charge in [-0.15, -0.1) is 11.3 Å². The molecule has 1 N–H and O–H groups in total. The maximum absolute atomic E-state index is 11.6. The van der Waals surface area contributed by atoms with Gasteiger partial charge in [-0.05, 0) is 26.0 Å². The Balaban J connectivity index is 1.97. The molecule has 0 bridgehead atoms. The predicted molar refractivity (Wildman–Crippen MR) is 72.0 cm³/mol. The van der Waals surface area contributed by atoms with Gasteiger partial charge in [0.05, 0.1) is 12.1 Å². The first kappa shape index (κ1) is 12.7. The SMILES string of the molecule is CCOC(=O)c1ncsc1NCC1(SC)CC1. The van der Waals surface area contributed by atoms with Crippen LogP contribution in [-0.2, 0) is 4.74 Å². The summed E-state index contributed by atoms with van der Waals surface area (Å²) in [7, 11) is 0. The molecule has 94 valence electrons. The molecule has 1 heterocycles. The van der Waals surface area contributed by atoms with Crippen LogP contribution in [0, 0.1) is 0 Å². The number of carbonyl (C=O) groups excluding carboxylic acids is 1. The minimum atomic E-state index is -0.342. The summed E-state index contributed by atoms with van der Waals surface area (Å²) in [4.78, 5) is 15.7. The van der Waals surface area contributed by atoms with Gasteiger partial charge in [0.25, 0.3) is 0 Å². The van der Waals surface area contributed by atoms with E-state index in [1.54, 1.807) is 12.4 Å². The molecule has 1 aliphatic rings. The van der Waals surface area contributed by atoms with Crippen LogP contribution < -0.4 is 5.32 Å². The molecule has 0 unspecified atom stereocenters. The Morgan fingerprint density at radius 2 is 2.47 bits per heavy atom. The van der Waals surface area contributed by atoms with Crippen molar-refractivity contribution in [3.05, 3.63) is 11.2 Å². The van der Waals surface area contributed by atoms with E-state index in [-0.39, 0.29) is 5.97 Å². The van der Waals surface area contributed by atoms with Gasteiger partial charge in [-0.25, -0.2) is 9.78 Å². The van der Waals surface area contributed by atoms with Crippen molar-refractivity contribution in [2.75, 3.05) is 24.7 Å². The number of thiazole rings is 1. The molecule has 1 aromatic heterocycles. The molecule has 0 spiro atoms. The Hall–Kier alpha value is -0.750. The van der Waals surface area contributed by atoms with E-state index in [0.717, 1.165) is 11.5 Å². The van der Waals surface area contributed by atoms with E-state index in [2.05, 4.69) is 16.6 Å². The van der Waals surface area contributed by atoms with Crippen LogP contribution in [0.5, 0.6) is 0 Å². The molecule has 4 nitrogen and oxygen atoms in total. The fraction of sp³-hybridized carbons (Fsp3) is 0.636. The van der Waals surface area contributed by atoms with Crippen molar-refractivity contribution in [1.82, 2.24) is 4.98 Å². The van der Waals surface area contributed by atoms with Gasteiger partial charge in [-0.2, -0.15) is 11.8 Å². The number of nitrogens with one attached hydrogen (secondary N) is 1. The smallest absolute Gasteiger partial charge is 0.360 e. The Kier molecular flexibility index (Phi) is 3.93. The number of esters is 1. The third kappa shape index (κ3) is 2.93. The van der Waals surface area contributed by atoms with E-state index >= 15 is 0 Å². The topological polar surface area (TPSA) is 51.2 Å². The summed E-state index contributed by atoms with van der Waals surface area (Å²) >= 11 is 3.34. The third-order valence-electron chi connectivity index (χ3n) is 2.85. The summed E-state index contributed by atoms with van der Waals surface area (Å²) in [6.07, 6.45) is 4.62. The van der Waals surface area contributed by atoms with Gasteiger partial charge in [0, 0.05) is 11.3 Å². The fourth-order valence-corrected chi connectivity index (χ4v) is 2.94. The fourth-order valence-electron chi connectivity index (χ4n) is 1.55. The van der Waals surface area contributed by atoms with Crippen molar-refractivity contribution in [3.63, 3.8) is 0 Å². The quantitative estimate of drug-likeness (QED) is 0.807. The Morgan fingerprint density at radius 1 is 1.71 bits per heavy atom. The number of rotatable bonds is 6. The van der Waals surface area contributed by atoms with E-state index in [1.807, 2.05) is 11.8 Å². The van der Waals surface area contributed by atoms with Crippen LogP contribution in [0.3, 0.4) is 0 Å². The maximum Gasteiger partial charge on any atom is 0.360 e. The molecule has 0 aliphatic heterocycles. The zero-order valence-electron chi connectivity index (χ0n) is 9.99. The minimum Gasteiger partial charge on any atom is -0.461 e. The van der Waals surface area contributed by atoms with Crippen LogP contribution in [0.15, 0.2) is 5.51 Å². The summed E-state index contributed by atoms with van der Waals surface area (Å²) in [5, 5.41) is 4.14. The molecule has 2 rings (SSSR count). The lowest BCUT2D eigenvalue weighted by Gasteiger charge is -2.13. The van der Waals surface area contributed by atoms with Gasteiger partial charge >= 0.3 is 5.97 Å². The van der Waals surface area contributed by atoms with Crippen molar-refractivity contribution >= 4 is 34.1 Å². The number of anilines is 1. The molecule has 17 heavy (non-hydrogen) atoms. The number of hydrogen-bond acceptors (Lipinski definition) is 6. The highest BCUT2D eigenvalue weighted by Crippen LogP contribution is 2.47. The molecule has 1 saturated carbocycles. The van der Waals surface area contributed by atoms with Crippen LogP contribution in [0.4, 0.5) is 5.00 Å². The largest absolute Gasteiger partial charge is 0.461 e. The molecule has 1 aliphatic carbocycles. The van der Waals surface area contributed by atoms with Gasteiger partial charge in [0.15, 0.2) is 5.69 Å². The van der Waals surface area contributed by atoms with E-state index in [0.29, 0.717) is 17.0 Å². The molecule has 0 atom stereocenters. The Bertz CT molecular complexity index is 402. The van der Waals surface area contributed by atoms with Crippen LogP contribution >= 0.6 is 23.1 Å². The number of nitrogens with zero attached hydrogens (tertiary/aromatic N) is 1. The second-order valence-electron chi connectivity index (χ2n) is 3.99. The van der Waals surface area contributed by atoms with Crippen LogP contribution in [0.2, 0.25) is 0 Å². The minimum absolute atomic E-state index is 0.342. The highest BCUT2D eigenvalue weighted by Gasteiger charge is 2.41. The summed E-state index contributed by atoms with van der Waals surface area (Å²) in [5.41, 5.74) is 2.08. The average molecular weight is 272 g/mol. The van der Waals surface area contributed by atoms with Gasteiger partial charge in [-0.1, -0.05) is 0 Å². The number of hydrogen-bond donors (Lipinski definition) is 1. The molecule has 0 saturated heterocycles. The highest BCUT2D eigenvalue weighted by atomic mass is 32.2. The van der Waals surface area contributed by atoms with Gasteiger partial charge < -0.3 is 10.1 Å². The molecular weight excluding hydrogens is 256 g/mol. The lowest BCUT2D eigenvalue weighted by atomic mass is 10.4. The second-order valence-corrected chi connectivity index (χ2v) is 6.12. The molecule has 1 fully saturated rings. The van der Waals surface area contributed by atoms with Crippen molar-refractivity contribution < 1.29 is 9.53 Å². The molecule has 1 aromatic rings. The van der Waals surface area contributed by atoms with E-state index in [4.69, 9.17) is 4.74 Å². The van der Waals surface area contributed by atoms with Crippen LogP contribution in [0.1, 0.15) is 30.3 Å². The first-order chi connectivity index (χ1) is 8.21. The predicted octanol–water partition coefficient (Wildman–Crippen LogP) is 2.63. The molecule has 0 amide bonds. The first-order valence-electron chi connectivity index (χ1n) is 5.60. The Morgan fingerprint density at radius 3 is 3.06 bits per heavy atom. The van der Waals surface area contributed by atoms with E-state index < -0.39 is 0 Å². The van der Waals surface area contributed by atoms with Crippen LogP contribution in [0.25, 0.3) is 0 Å². The molecular formula is C11H16N2O2S2. The Labute approximate surface area is 109 Å². The number of carbonyl (C=O) groups is 1. The number of thioether (sulfide) groups is 1. The first-order valence-corrected chi connectivity index (χ1v) is 7.71. The lowest BCUT2D eigenvalue weighted by molar-refractivity contribution is 0.0521. The van der Waals surface area contributed by atoms with Gasteiger partial charge in [0.1, 0.15) is 5.00 Å². The zero-order chi connectivity index (χ0) is 12.3. The highest BCUT2D eigenvalue weighted by molar-refractivity contribution is 8.00. The van der Waals surface area contributed by atoms with E-state index in [1.165, 1.54) is 24.2 Å².